The van der Waals surface area contributed by atoms with Crippen LogP contribution in [-0.4, -0.2) is 43.0 Å². The minimum atomic E-state index is -0.265. The minimum absolute atomic E-state index is 0.0333. The standard InChI is InChI=1S/C16H19ClN2O4/c17-11-8-13-14(23-7-6-22-13)9-12(11)18-15(20)10-19-5-3-1-2-4-16(19)21/h8-9H,1-7,10H2,(H,18,20). The van der Waals surface area contributed by atoms with E-state index in [1.165, 1.54) is 0 Å². The Morgan fingerprint density at radius 2 is 1.91 bits per heavy atom. The number of nitrogens with one attached hydrogen (secondary N) is 1. The normalized spacial score (nSPS) is 17.6. The maximum Gasteiger partial charge on any atom is 0.244 e. The number of fused-ring (bicyclic) bond motifs is 1. The third-order valence-electron chi connectivity index (χ3n) is 3.91. The van der Waals surface area contributed by atoms with Gasteiger partial charge in [0.05, 0.1) is 17.3 Å². The lowest BCUT2D eigenvalue weighted by Gasteiger charge is -2.22. The van der Waals surface area contributed by atoms with Crippen LogP contribution in [-0.2, 0) is 9.59 Å². The van der Waals surface area contributed by atoms with Crippen molar-refractivity contribution in [1.82, 2.24) is 4.90 Å². The molecule has 0 radical (unpaired) electrons. The summed E-state index contributed by atoms with van der Waals surface area (Å²) in [6.45, 7) is 1.61. The van der Waals surface area contributed by atoms with Gasteiger partial charge in [-0.2, -0.15) is 0 Å². The van der Waals surface area contributed by atoms with Crippen LogP contribution >= 0.6 is 11.6 Å². The number of ether oxygens (including phenoxy) is 2. The van der Waals surface area contributed by atoms with Gasteiger partial charge < -0.3 is 19.7 Å². The predicted octanol–water partition coefficient (Wildman–Crippen LogP) is 2.45. The van der Waals surface area contributed by atoms with Crippen molar-refractivity contribution in [3.05, 3.63) is 17.2 Å². The van der Waals surface area contributed by atoms with Gasteiger partial charge in [0.1, 0.15) is 13.2 Å². The minimum Gasteiger partial charge on any atom is -0.486 e. The highest BCUT2D eigenvalue weighted by Crippen LogP contribution is 2.37. The third kappa shape index (κ3) is 3.88. The Labute approximate surface area is 139 Å². The fourth-order valence-corrected chi connectivity index (χ4v) is 2.93. The largest absolute Gasteiger partial charge is 0.486 e. The van der Waals surface area contributed by atoms with Crippen molar-refractivity contribution < 1.29 is 19.1 Å². The zero-order valence-electron chi connectivity index (χ0n) is 12.8. The number of nitrogens with zero attached hydrogens (tertiary/aromatic N) is 1. The number of carbonyl (C=O) groups excluding carboxylic acids is 2. The lowest BCUT2D eigenvalue weighted by molar-refractivity contribution is -0.134. The molecule has 1 saturated heterocycles. The summed E-state index contributed by atoms with van der Waals surface area (Å²) in [5, 5.41) is 3.13. The molecule has 0 aromatic heterocycles. The highest BCUT2D eigenvalue weighted by atomic mass is 35.5. The number of likely N-dealkylation sites (tertiary alicyclic amines) is 1. The molecule has 0 unspecified atom stereocenters. The third-order valence-corrected chi connectivity index (χ3v) is 4.22. The zero-order valence-corrected chi connectivity index (χ0v) is 13.5. The van der Waals surface area contributed by atoms with E-state index < -0.39 is 0 Å². The number of carbonyl (C=O) groups is 2. The first-order valence-corrected chi connectivity index (χ1v) is 8.18. The summed E-state index contributed by atoms with van der Waals surface area (Å²) in [5.74, 6) is 0.897. The number of amides is 2. The lowest BCUT2D eigenvalue weighted by atomic mass is 10.2. The summed E-state index contributed by atoms with van der Waals surface area (Å²) in [5.41, 5.74) is 0.461. The van der Waals surface area contributed by atoms with Crippen LogP contribution in [0.25, 0.3) is 0 Å². The van der Waals surface area contributed by atoms with Crippen LogP contribution < -0.4 is 14.8 Å². The Hall–Kier alpha value is -1.95. The summed E-state index contributed by atoms with van der Waals surface area (Å²) >= 11 is 6.17. The van der Waals surface area contributed by atoms with Gasteiger partial charge in [0.2, 0.25) is 11.8 Å². The zero-order chi connectivity index (χ0) is 16.2. The molecule has 0 aliphatic carbocycles. The monoisotopic (exact) mass is 338 g/mol. The van der Waals surface area contributed by atoms with Crippen molar-refractivity contribution in [3.8, 4) is 11.5 Å². The molecule has 1 aromatic carbocycles. The van der Waals surface area contributed by atoms with Crippen molar-refractivity contribution in [2.75, 3.05) is 31.6 Å². The maximum atomic E-state index is 12.2. The molecule has 23 heavy (non-hydrogen) atoms. The van der Waals surface area contributed by atoms with Crippen molar-refractivity contribution in [2.45, 2.75) is 25.7 Å². The van der Waals surface area contributed by atoms with Crippen LogP contribution in [0, 0.1) is 0 Å². The van der Waals surface area contributed by atoms with Gasteiger partial charge in [-0.05, 0) is 12.8 Å². The van der Waals surface area contributed by atoms with E-state index in [0.29, 0.717) is 48.4 Å². The second-order valence-corrected chi connectivity index (χ2v) is 6.06. The van der Waals surface area contributed by atoms with Gasteiger partial charge >= 0.3 is 0 Å². The maximum absolute atomic E-state index is 12.2. The number of hydrogen-bond acceptors (Lipinski definition) is 4. The van der Waals surface area contributed by atoms with Crippen molar-refractivity contribution in [1.29, 1.82) is 0 Å². The van der Waals surface area contributed by atoms with Gasteiger partial charge in [-0.3, -0.25) is 9.59 Å². The van der Waals surface area contributed by atoms with Crippen LogP contribution in [0.3, 0.4) is 0 Å². The SMILES string of the molecule is O=C(CN1CCCCCC1=O)Nc1cc2c(cc1Cl)OCCO2. The van der Waals surface area contributed by atoms with E-state index in [0.717, 1.165) is 19.3 Å². The Balaban J connectivity index is 1.66. The van der Waals surface area contributed by atoms with Gasteiger partial charge in [-0.15, -0.1) is 0 Å². The van der Waals surface area contributed by atoms with Crippen LogP contribution in [0.5, 0.6) is 11.5 Å². The summed E-state index contributed by atoms with van der Waals surface area (Å²) in [6, 6.07) is 3.28. The first-order valence-electron chi connectivity index (χ1n) is 7.80. The smallest absolute Gasteiger partial charge is 0.244 e. The molecular formula is C16H19ClN2O4. The van der Waals surface area contributed by atoms with Crippen LogP contribution in [0.4, 0.5) is 5.69 Å². The van der Waals surface area contributed by atoms with Crippen LogP contribution in [0.15, 0.2) is 12.1 Å². The highest BCUT2D eigenvalue weighted by Gasteiger charge is 2.21. The van der Waals surface area contributed by atoms with E-state index in [1.807, 2.05) is 0 Å². The van der Waals surface area contributed by atoms with Gasteiger partial charge in [-0.25, -0.2) is 0 Å². The average Bonchev–Trinajstić information content (AvgIpc) is 2.73. The Kier molecular flexibility index (Phi) is 4.91. The number of hydrogen-bond donors (Lipinski definition) is 1. The fraction of sp³-hybridized carbons (Fsp3) is 0.500. The molecule has 0 atom stereocenters. The van der Waals surface area contributed by atoms with E-state index >= 15 is 0 Å². The van der Waals surface area contributed by atoms with E-state index in [1.54, 1.807) is 17.0 Å². The number of benzene rings is 1. The van der Waals surface area contributed by atoms with Crippen molar-refractivity contribution in [3.63, 3.8) is 0 Å². The summed E-state index contributed by atoms with van der Waals surface area (Å²) in [6.07, 6.45) is 3.37. The van der Waals surface area contributed by atoms with Crippen LogP contribution in [0.2, 0.25) is 5.02 Å². The molecular weight excluding hydrogens is 320 g/mol. The van der Waals surface area contributed by atoms with Crippen molar-refractivity contribution in [2.24, 2.45) is 0 Å². The molecule has 0 bridgehead atoms. The second kappa shape index (κ2) is 7.08. The lowest BCUT2D eigenvalue weighted by Crippen LogP contribution is -2.37. The van der Waals surface area contributed by atoms with Gasteiger partial charge in [0, 0.05) is 25.1 Å². The molecule has 0 spiro atoms. The predicted molar refractivity (Wildman–Crippen MR) is 86.1 cm³/mol. The first kappa shape index (κ1) is 15.9. The van der Waals surface area contributed by atoms with Gasteiger partial charge in [0.25, 0.3) is 0 Å². The molecule has 0 saturated carbocycles. The van der Waals surface area contributed by atoms with Crippen LogP contribution in [0.1, 0.15) is 25.7 Å². The molecule has 1 N–H and O–H groups in total. The first-order chi connectivity index (χ1) is 11.1. The Bertz CT molecular complexity index is 620. The fourth-order valence-electron chi connectivity index (χ4n) is 2.73. The molecule has 2 heterocycles. The molecule has 2 aliphatic heterocycles. The molecule has 7 heteroatoms. The highest BCUT2D eigenvalue weighted by molar-refractivity contribution is 6.34. The van der Waals surface area contributed by atoms with Gasteiger partial charge in [-0.1, -0.05) is 18.0 Å². The second-order valence-electron chi connectivity index (χ2n) is 5.65. The van der Waals surface area contributed by atoms with E-state index in [-0.39, 0.29) is 18.4 Å². The number of rotatable bonds is 3. The molecule has 124 valence electrons. The molecule has 2 amide bonds. The average molecular weight is 339 g/mol. The molecule has 6 nitrogen and oxygen atoms in total. The Morgan fingerprint density at radius 3 is 2.70 bits per heavy atom. The summed E-state index contributed by atoms with van der Waals surface area (Å²) in [4.78, 5) is 25.8. The topological polar surface area (TPSA) is 67.9 Å². The molecule has 1 aromatic rings. The van der Waals surface area contributed by atoms with E-state index in [9.17, 15) is 9.59 Å². The number of halogens is 1. The quantitative estimate of drug-likeness (QED) is 0.919. The number of anilines is 1. The summed E-state index contributed by atoms with van der Waals surface area (Å²) in [7, 11) is 0. The molecule has 2 aliphatic rings. The van der Waals surface area contributed by atoms with E-state index in [4.69, 9.17) is 21.1 Å². The van der Waals surface area contributed by atoms with E-state index in [2.05, 4.69) is 5.32 Å². The summed E-state index contributed by atoms with van der Waals surface area (Å²) < 4.78 is 10.9. The molecule has 1 fully saturated rings. The van der Waals surface area contributed by atoms with Crippen molar-refractivity contribution >= 4 is 29.1 Å². The Morgan fingerprint density at radius 1 is 1.17 bits per heavy atom. The molecule has 3 rings (SSSR count). The van der Waals surface area contributed by atoms with Gasteiger partial charge in [0.15, 0.2) is 11.5 Å².